The maximum Gasteiger partial charge on any atom is 0.253 e. The first kappa shape index (κ1) is 11.7. The van der Waals surface area contributed by atoms with E-state index in [4.69, 9.17) is 5.11 Å². The molecule has 0 bridgehead atoms. The first-order chi connectivity index (χ1) is 8.22. The first-order valence-corrected chi connectivity index (χ1v) is 5.69. The van der Waals surface area contributed by atoms with Gasteiger partial charge in [0.15, 0.2) is 0 Å². The lowest BCUT2D eigenvalue weighted by Crippen LogP contribution is -2.28. The molecule has 3 heteroatoms. The van der Waals surface area contributed by atoms with E-state index in [1.165, 1.54) is 0 Å². The second-order valence-electron chi connectivity index (χ2n) is 4.19. The Morgan fingerprint density at radius 2 is 2.29 bits per heavy atom. The minimum atomic E-state index is -0.167. The van der Waals surface area contributed by atoms with Crippen LogP contribution in [-0.2, 0) is 0 Å². The van der Waals surface area contributed by atoms with Crippen LogP contribution >= 0.6 is 0 Å². The summed E-state index contributed by atoms with van der Waals surface area (Å²) < 4.78 is 0. The predicted molar refractivity (Wildman–Crippen MR) is 65.5 cm³/mol. The van der Waals surface area contributed by atoms with Crippen LogP contribution in [0, 0.1) is 11.8 Å². The number of benzene rings is 1. The average molecular weight is 229 g/mol. The summed E-state index contributed by atoms with van der Waals surface area (Å²) >= 11 is 0. The number of aliphatic hydroxyl groups is 1. The molecule has 1 aromatic carbocycles. The molecule has 1 N–H and O–H groups in total. The minimum absolute atomic E-state index is 0.0418. The van der Waals surface area contributed by atoms with Crippen molar-refractivity contribution in [1.82, 2.24) is 4.90 Å². The Morgan fingerprint density at radius 3 is 2.94 bits per heavy atom. The molecule has 0 radical (unpaired) electrons. The van der Waals surface area contributed by atoms with Crippen molar-refractivity contribution in [3.05, 3.63) is 35.4 Å². The Bertz CT molecular complexity index is 480. The summed E-state index contributed by atoms with van der Waals surface area (Å²) in [6, 6.07) is 7.62. The van der Waals surface area contributed by atoms with Gasteiger partial charge in [-0.25, -0.2) is 0 Å². The van der Waals surface area contributed by atoms with Crippen LogP contribution in [0.3, 0.4) is 0 Å². The van der Waals surface area contributed by atoms with Crippen molar-refractivity contribution >= 4 is 5.91 Å². The van der Waals surface area contributed by atoms with E-state index in [2.05, 4.69) is 11.8 Å². The van der Waals surface area contributed by atoms with E-state index in [0.717, 1.165) is 18.4 Å². The second kappa shape index (κ2) is 5.03. The second-order valence-corrected chi connectivity index (χ2v) is 4.19. The van der Waals surface area contributed by atoms with E-state index >= 15 is 0 Å². The zero-order valence-electron chi connectivity index (χ0n) is 9.81. The van der Waals surface area contributed by atoms with Crippen molar-refractivity contribution in [2.45, 2.75) is 18.9 Å². The lowest BCUT2D eigenvalue weighted by Gasteiger charge is -2.16. The van der Waals surface area contributed by atoms with Crippen LogP contribution < -0.4 is 0 Å². The van der Waals surface area contributed by atoms with Crippen LogP contribution in [0.4, 0.5) is 0 Å². The van der Waals surface area contributed by atoms with Gasteiger partial charge in [0.05, 0.1) is 0 Å². The van der Waals surface area contributed by atoms with Crippen LogP contribution in [0.5, 0.6) is 0 Å². The van der Waals surface area contributed by atoms with Crippen molar-refractivity contribution in [2.24, 2.45) is 0 Å². The number of aliphatic hydroxyl groups excluding tert-OH is 1. The maximum atomic E-state index is 12.1. The van der Waals surface area contributed by atoms with Crippen LogP contribution in [0.15, 0.2) is 24.3 Å². The molecule has 0 saturated heterocycles. The fourth-order valence-electron chi connectivity index (χ4n) is 1.70. The summed E-state index contributed by atoms with van der Waals surface area (Å²) in [6.45, 7) is -0.167. The van der Waals surface area contributed by atoms with E-state index in [1.807, 2.05) is 19.2 Å². The lowest BCUT2D eigenvalue weighted by atomic mass is 10.1. The van der Waals surface area contributed by atoms with E-state index in [-0.39, 0.29) is 12.5 Å². The highest BCUT2D eigenvalue weighted by Gasteiger charge is 2.29. The van der Waals surface area contributed by atoms with E-state index in [0.29, 0.717) is 11.6 Å². The van der Waals surface area contributed by atoms with Crippen molar-refractivity contribution in [1.29, 1.82) is 0 Å². The maximum absolute atomic E-state index is 12.1. The lowest BCUT2D eigenvalue weighted by molar-refractivity contribution is 0.0785. The number of hydrogen-bond donors (Lipinski definition) is 1. The molecule has 1 aliphatic carbocycles. The molecule has 3 nitrogen and oxygen atoms in total. The first-order valence-electron chi connectivity index (χ1n) is 5.69. The molecule has 0 unspecified atom stereocenters. The van der Waals surface area contributed by atoms with Crippen molar-refractivity contribution in [2.75, 3.05) is 13.7 Å². The SMILES string of the molecule is CN(C(=O)c1cccc(C#CCO)c1)C1CC1. The molecule has 0 atom stereocenters. The zero-order chi connectivity index (χ0) is 12.3. The number of carbonyl (C=O) groups is 1. The molecular formula is C14H15NO2. The van der Waals surface area contributed by atoms with Gasteiger partial charge in [-0.05, 0) is 31.0 Å². The van der Waals surface area contributed by atoms with Gasteiger partial charge in [0.2, 0.25) is 0 Å². The molecule has 1 aliphatic rings. The third-order valence-electron chi connectivity index (χ3n) is 2.84. The minimum Gasteiger partial charge on any atom is -0.384 e. The molecule has 2 rings (SSSR count). The molecule has 1 aromatic rings. The van der Waals surface area contributed by atoms with Gasteiger partial charge in [-0.3, -0.25) is 4.79 Å². The largest absolute Gasteiger partial charge is 0.384 e. The molecule has 1 amide bonds. The Hall–Kier alpha value is -1.79. The number of amides is 1. The Morgan fingerprint density at radius 1 is 1.53 bits per heavy atom. The topological polar surface area (TPSA) is 40.5 Å². The van der Waals surface area contributed by atoms with Crippen molar-refractivity contribution in [3.63, 3.8) is 0 Å². The predicted octanol–water partition coefficient (Wildman–Crippen LogP) is 1.26. The molecule has 0 heterocycles. The number of nitrogens with zero attached hydrogens (tertiary/aromatic N) is 1. The molecule has 1 saturated carbocycles. The Kier molecular flexibility index (Phi) is 3.46. The zero-order valence-corrected chi connectivity index (χ0v) is 9.81. The van der Waals surface area contributed by atoms with Crippen molar-refractivity contribution in [3.8, 4) is 11.8 Å². The van der Waals surface area contributed by atoms with E-state index < -0.39 is 0 Å². The Labute approximate surface area is 101 Å². The van der Waals surface area contributed by atoms with Gasteiger partial charge in [-0.2, -0.15) is 0 Å². The molecule has 0 spiro atoms. The molecule has 17 heavy (non-hydrogen) atoms. The summed E-state index contributed by atoms with van der Waals surface area (Å²) in [5.74, 6) is 5.42. The highest BCUT2D eigenvalue weighted by atomic mass is 16.2. The average Bonchev–Trinajstić information content (AvgIpc) is 3.19. The van der Waals surface area contributed by atoms with Crippen LogP contribution in [0.2, 0.25) is 0 Å². The molecule has 0 aliphatic heterocycles. The van der Waals surface area contributed by atoms with Crippen LogP contribution in [-0.4, -0.2) is 35.6 Å². The number of carbonyl (C=O) groups excluding carboxylic acids is 1. The smallest absolute Gasteiger partial charge is 0.253 e. The number of rotatable bonds is 2. The Balaban J connectivity index is 2.17. The number of hydrogen-bond acceptors (Lipinski definition) is 2. The highest BCUT2D eigenvalue weighted by molar-refractivity contribution is 5.94. The summed E-state index contributed by atoms with van der Waals surface area (Å²) in [7, 11) is 1.84. The van der Waals surface area contributed by atoms with E-state index in [9.17, 15) is 4.79 Å². The standard InChI is InChI=1S/C14H15NO2/c1-15(13-7-8-13)14(17)12-6-2-4-11(10-12)5-3-9-16/h2,4,6,10,13,16H,7-9H2,1H3. The highest BCUT2D eigenvalue weighted by Crippen LogP contribution is 2.26. The quantitative estimate of drug-likeness (QED) is 0.776. The van der Waals surface area contributed by atoms with Crippen LogP contribution in [0.1, 0.15) is 28.8 Å². The van der Waals surface area contributed by atoms with Gasteiger partial charge in [0, 0.05) is 24.2 Å². The van der Waals surface area contributed by atoms with Gasteiger partial charge in [0.1, 0.15) is 6.61 Å². The monoisotopic (exact) mass is 229 g/mol. The molecule has 0 aromatic heterocycles. The summed E-state index contributed by atoms with van der Waals surface area (Å²) in [5.41, 5.74) is 1.42. The van der Waals surface area contributed by atoms with Gasteiger partial charge >= 0.3 is 0 Å². The summed E-state index contributed by atoms with van der Waals surface area (Å²) in [4.78, 5) is 13.9. The van der Waals surface area contributed by atoms with Gasteiger partial charge in [-0.15, -0.1) is 0 Å². The third-order valence-corrected chi connectivity index (χ3v) is 2.84. The summed E-state index contributed by atoms with van der Waals surface area (Å²) in [5, 5.41) is 8.63. The van der Waals surface area contributed by atoms with Gasteiger partial charge < -0.3 is 10.0 Å². The van der Waals surface area contributed by atoms with Crippen molar-refractivity contribution < 1.29 is 9.90 Å². The normalized spacial score (nSPS) is 13.8. The fourth-order valence-corrected chi connectivity index (χ4v) is 1.70. The van der Waals surface area contributed by atoms with Crippen LogP contribution in [0.25, 0.3) is 0 Å². The van der Waals surface area contributed by atoms with Gasteiger partial charge in [-0.1, -0.05) is 17.9 Å². The molecule has 1 fully saturated rings. The molecular weight excluding hydrogens is 214 g/mol. The summed E-state index contributed by atoms with van der Waals surface area (Å²) in [6.07, 6.45) is 2.21. The van der Waals surface area contributed by atoms with E-state index in [1.54, 1.807) is 17.0 Å². The van der Waals surface area contributed by atoms with Gasteiger partial charge in [0.25, 0.3) is 5.91 Å². The fraction of sp³-hybridized carbons (Fsp3) is 0.357. The molecule has 88 valence electrons. The third kappa shape index (κ3) is 2.86.